The lowest BCUT2D eigenvalue weighted by molar-refractivity contribution is 0.0951. The predicted molar refractivity (Wildman–Crippen MR) is 122 cm³/mol. The smallest absolute Gasteiger partial charge is 0.264 e. The zero-order valence-electron chi connectivity index (χ0n) is 15.8. The Morgan fingerprint density at radius 1 is 1.07 bits per heavy atom. The van der Waals surface area contributed by atoms with Crippen molar-refractivity contribution >= 4 is 48.8 Å². The van der Waals surface area contributed by atoms with Crippen molar-refractivity contribution in [3.05, 3.63) is 91.5 Å². The summed E-state index contributed by atoms with van der Waals surface area (Å²) in [5.74, 6) is -0.177. The fourth-order valence-electron chi connectivity index (χ4n) is 3.08. The Labute approximate surface area is 189 Å². The van der Waals surface area contributed by atoms with E-state index < -0.39 is 0 Å². The summed E-state index contributed by atoms with van der Waals surface area (Å²) in [6.45, 7) is 1.20. The van der Waals surface area contributed by atoms with Crippen molar-refractivity contribution in [3.8, 4) is 0 Å². The van der Waals surface area contributed by atoms with E-state index in [0.29, 0.717) is 36.2 Å². The molecule has 0 fully saturated rings. The number of carbonyl (C=O) groups is 1. The lowest BCUT2D eigenvalue weighted by atomic mass is 10.2. The van der Waals surface area contributed by atoms with Gasteiger partial charge in [0.1, 0.15) is 11.7 Å². The van der Waals surface area contributed by atoms with Crippen LogP contribution in [0.25, 0.3) is 11.0 Å². The van der Waals surface area contributed by atoms with Gasteiger partial charge in [0.05, 0.1) is 24.8 Å². The molecule has 1 amide bonds. The highest BCUT2D eigenvalue weighted by Crippen LogP contribution is 2.15. The first-order valence-corrected chi connectivity index (χ1v) is 10.8. The predicted octanol–water partition coefficient (Wildman–Crippen LogP) is 3.60. The number of rotatable bonds is 6. The Bertz CT molecular complexity index is 1260. The molecule has 7 nitrogen and oxygen atoms in total. The van der Waals surface area contributed by atoms with E-state index in [1.165, 1.54) is 12.5 Å². The minimum Gasteiger partial charge on any atom is -0.350 e. The SMILES string of the molecule is O=C(NCCn1ncc2c(=O)n(Cc3ccc(Br)cc3)cnc21)c1ccccc1Br. The van der Waals surface area contributed by atoms with Gasteiger partial charge in [0, 0.05) is 15.5 Å². The molecule has 152 valence electrons. The summed E-state index contributed by atoms with van der Waals surface area (Å²) in [5.41, 5.74) is 1.93. The van der Waals surface area contributed by atoms with Crippen molar-refractivity contribution in [2.45, 2.75) is 13.1 Å². The number of aromatic nitrogens is 4. The Morgan fingerprint density at radius 3 is 2.60 bits per heavy atom. The number of nitrogens with one attached hydrogen (secondary N) is 1. The quantitative estimate of drug-likeness (QED) is 0.413. The number of halogens is 2. The zero-order chi connectivity index (χ0) is 21.1. The number of nitrogens with zero attached hydrogens (tertiary/aromatic N) is 4. The summed E-state index contributed by atoms with van der Waals surface area (Å²) in [6.07, 6.45) is 3.06. The van der Waals surface area contributed by atoms with E-state index >= 15 is 0 Å². The molecule has 0 spiro atoms. The third kappa shape index (κ3) is 4.36. The molecule has 0 atom stereocenters. The van der Waals surface area contributed by atoms with Crippen LogP contribution in [0.1, 0.15) is 15.9 Å². The minimum atomic E-state index is -0.177. The first kappa shape index (κ1) is 20.5. The van der Waals surface area contributed by atoms with Crippen LogP contribution < -0.4 is 10.9 Å². The van der Waals surface area contributed by atoms with Crippen LogP contribution in [-0.4, -0.2) is 31.8 Å². The van der Waals surface area contributed by atoms with E-state index in [0.717, 1.165) is 14.5 Å². The fraction of sp³-hybridized carbons (Fsp3) is 0.143. The van der Waals surface area contributed by atoms with E-state index in [4.69, 9.17) is 0 Å². The molecule has 0 saturated carbocycles. The highest BCUT2D eigenvalue weighted by molar-refractivity contribution is 9.10. The monoisotopic (exact) mass is 529 g/mol. The van der Waals surface area contributed by atoms with Gasteiger partial charge in [-0.3, -0.25) is 14.2 Å². The molecule has 1 N–H and O–H groups in total. The first-order chi connectivity index (χ1) is 14.5. The van der Waals surface area contributed by atoms with E-state index in [2.05, 4.69) is 47.3 Å². The van der Waals surface area contributed by atoms with Gasteiger partial charge in [0.25, 0.3) is 11.5 Å². The molecule has 0 aliphatic carbocycles. The summed E-state index contributed by atoms with van der Waals surface area (Å²) in [6, 6.07) is 15.0. The number of hydrogen-bond acceptors (Lipinski definition) is 4. The second-order valence-corrected chi connectivity index (χ2v) is 8.41. The molecular formula is C21H17Br2N5O2. The summed E-state index contributed by atoms with van der Waals surface area (Å²) in [7, 11) is 0. The molecule has 9 heteroatoms. The highest BCUT2D eigenvalue weighted by atomic mass is 79.9. The molecular weight excluding hydrogens is 514 g/mol. The number of benzene rings is 2. The van der Waals surface area contributed by atoms with Crippen LogP contribution in [0.15, 0.2) is 74.8 Å². The third-order valence-electron chi connectivity index (χ3n) is 4.62. The van der Waals surface area contributed by atoms with Crippen LogP contribution >= 0.6 is 31.9 Å². The molecule has 0 bridgehead atoms. The van der Waals surface area contributed by atoms with Gasteiger partial charge >= 0.3 is 0 Å². The van der Waals surface area contributed by atoms with Crippen LogP contribution in [0.4, 0.5) is 0 Å². The lowest BCUT2D eigenvalue weighted by Crippen LogP contribution is -2.28. The summed E-state index contributed by atoms with van der Waals surface area (Å²) < 4.78 is 4.91. The number of fused-ring (bicyclic) bond motifs is 1. The van der Waals surface area contributed by atoms with Crippen molar-refractivity contribution in [2.75, 3.05) is 6.54 Å². The molecule has 0 unspecified atom stereocenters. The largest absolute Gasteiger partial charge is 0.350 e. The number of hydrogen-bond donors (Lipinski definition) is 1. The van der Waals surface area contributed by atoms with Crippen LogP contribution in [0.5, 0.6) is 0 Å². The molecule has 0 aliphatic heterocycles. The summed E-state index contributed by atoms with van der Waals surface area (Å²) in [4.78, 5) is 29.5. The molecule has 4 rings (SSSR count). The molecule has 0 aliphatic rings. The average Bonchev–Trinajstić information content (AvgIpc) is 3.15. The van der Waals surface area contributed by atoms with E-state index in [9.17, 15) is 9.59 Å². The second-order valence-electron chi connectivity index (χ2n) is 6.64. The van der Waals surface area contributed by atoms with Crippen molar-refractivity contribution in [1.82, 2.24) is 24.6 Å². The Hall–Kier alpha value is -2.78. The molecule has 0 saturated heterocycles. The molecule has 2 heterocycles. The van der Waals surface area contributed by atoms with Gasteiger partial charge in [0.15, 0.2) is 5.65 Å². The molecule has 0 radical (unpaired) electrons. The topological polar surface area (TPSA) is 81.8 Å². The van der Waals surface area contributed by atoms with Gasteiger partial charge in [0.2, 0.25) is 0 Å². The lowest BCUT2D eigenvalue weighted by Gasteiger charge is -2.08. The molecule has 4 aromatic rings. The van der Waals surface area contributed by atoms with E-state index in [1.54, 1.807) is 15.3 Å². The zero-order valence-corrected chi connectivity index (χ0v) is 18.9. The number of amides is 1. The van der Waals surface area contributed by atoms with Crippen molar-refractivity contribution < 1.29 is 4.79 Å². The van der Waals surface area contributed by atoms with Crippen LogP contribution in [0.2, 0.25) is 0 Å². The van der Waals surface area contributed by atoms with Crippen LogP contribution in [0, 0.1) is 0 Å². The minimum absolute atomic E-state index is 0.147. The van der Waals surface area contributed by atoms with E-state index in [1.807, 2.05) is 42.5 Å². The van der Waals surface area contributed by atoms with Crippen LogP contribution in [-0.2, 0) is 13.1 Å². The van der Waals surface area contributed by atoms with Crippen molar-refractivity contribution in [3.63, 3.8) is 0 Å². The molecule has 30 heavy (non-hydrogen) atoms. The molecule has 2 aromatic carbocycles. The second kappa shape index (κ2) is 8.93. The van der Waals surface area contributed by atoms with Gasteiger partial charge in [-0.05, 0) is 45.8 Å². The standard InChI is InChI=1S/C21H17Br2N5O2/c22-15-7-5-14(6-8-15)12-27-13-25-19-17(21(27)30)11-26-28(19)10-9-24-20(29)16-3-1-2-4-18(16)23/h1-8,11,13H,9-10,12H2,(H,24,29). The first-order valence-electron chi connectivity index (χ1n) is 9.21. The van der Waals surface area contributed by atoms with Gasteiger partial charge in [-0.25, -0.2) is 9.67 Å². The number of carbonyl (C=O) groups excluding carboxylic acids is 1. The maximum atomic E-state index is 12.8. The highest BCUT2D eigenvalue weighted by Gasteiger charge is 2.12. The molecule has 2 aromatic heterocycles. The Kier molecular flexibility index (Phi) is 6.10. The van der Waals surface area contributed by atoms with Crippen LogP contribution in [0.3, 0.4) is 0 Å². The third-order valence-corrected chi connectivity index (χ3v) is 5.84. The van der Waals surface area contributed by atoms with Gasteiger partial charge < -0.3 is 5.32 Å². The summed E-state index contributed by atoms with van der Waals surface area (Å²) in [5, 5.41) is 7.59. The Balaban J connectivity index is 1.46. The van der Waals surface area contributed by atoms with Gasteiger partial charge in [-0.15, -0.1) is 0 Å². The Morgan fingerprint density at radius 2 is 1.83 bits per heavy atom. The van der Waals surface area contributed by atoms with Crippen molar-refractivity contribution in [1.29, 1.82) is 0 Å². The van der Waals surface area contributed by atoms with Gasteiger partial charge in [-0.1, -0.05) is 40.2 Å². The average molecular weight is 531 g/mol. The van der Waals surface area contributed by atoms with Crippen molar-refractivity contribution in [2.24, 2.45) is 0 Å². The fourth-order valence-corrected chi connectivity index (χ4v) is 3.81. The maximum absolute atomic E-state index is 12.8. The maximum Gasteiger partial charge on any atom is 0.264 e. The summed E-state index contributed by atoms with van der Waals surface area (Å²) >= 11 is 6.78. The van der Waals surface area contributed by atoms with Gasteiger partial charge in [-0.2, -0.15) is 5.10 Å². The normalized spacial score (nSPS) is 11.0. The van der Waals surface area contributed by atoms with E-state index in [-0.39, 0.29) is 11.5 Å².